The van der Waals surface area contributed by atoms with E-state index in [1.54, 1.807) is 29.3 Å². The third kappa shape index (κ3) is 5.28. The monoisotopic (exact) mass is 376 g/mol. The summed E-state index contributed by atoms with van der Waals surface area (Å²) in [6.45, 7) is 4.28. The molecule has 0 saturated heterocycles. The number of nitrogens with zero attached hydrogens (tertiary/aromatic N) is 2. The second-order valence-electron chi connectivity index (χ2n) is 5.12. The van der Waals surface area contributed by atoms with Gasteiger partial charge in [-0.2, -0.15) is 0 Å². The van der Waals surface area contributed by atoms with Crippen molar-refractivity contribution in [1.29, 1.82) is 0 Å². The fourth-order valence-corrected chi connectivity index (χ4v) is 2.63. The molecule has 1 aromatic heterocycles. The zero-order valence-corrected chi connectivity index (χ0v) is 14.3. The van der Waals surface area contributed by atoms with Crippen molar-refractivity contribution >= 4 is 21.8 Å². The van der Waals surface area contributed by atoms with Gasteiger partial charge in [-0.15, -0.1) is 6.58 Å². The van der Waals surface area contributed by atoms with Crippen LogP contribution in [0.25, 0.3) is 0 Å². The number of benzene rings is 1. The van der Waals surface area contributed by atoms with E-state index in [2.05, 4.69) is 27.5 Å². The van der Waals surface area contributed by atoms with Crippen LogP contribution >= 0.6 is 15.9 Å². The Labute approximate surface area is 144 Å². The predicted octanol–water partition coefficient (Wildman–Crippen LogP) is 4.13. The Balaban J connectivity index is 2.03. The average Bonchev–Trinajstić information content (AvgIpc) is 2.56. The van der Waals surface area contributed by atoms with Crippen molar-refractivity contribution in [3.8, 4) is 0 Å². The Morgan fingerprint density at radius 2 is 2.17 bits per heavy atom. The van der Waals surface area contributed by atoms with Crippen molar-refractivity contribution in [3.63, 3.8) is 0 Å². The molecule has 1 aromatic carbocycles. The fraction of sp³-hybridized carbons (Fsp3) is 0.222. The molecule has 0 bridgehead atoms. The van der Waals surface area contributed by atoms with Crippen molar-refractivity contribution in [3.05, 3.63) is 76.8 Å². The molecule has 0 spiro atoms. The topological polar surface area (TPSA) is 33.2 Å². The van der Waals surface area contributed by atoms with E-state index in [0.29, 0.717) is 24.9 Å². The molecule has 0 atom stereocenters. The number of pyridine rings is 1. The van der Waals surface area contributed by atoms with Crippen LogP contribution in [0.3, 0.4) is 0 Å². The molecule has 1 amide bonds. The van der Waals surface area contributed by atoms with Gasteiger partial charge in [-0.25, -0.2) is 4.39 Å². The van der Waals surface area contributed by atoms with Crippen LogP contribution in [0.5, 0.6) is 0 Å². The first kappa shape index (κ1) is 17.3. The lowest BCUT2D eigenvalue weighted by Crippen LogP contribution is -2.31. The Hall–Kier alpha value is -2.01. The lowest BCUT2D eigenvalue weighted by molar-refractivity contribution is -0.131. The Kier molecular flexibility index (Phi) is 6.47. The zero-order chi connectivity index (χ0) is 16.7. The second kappa shape index (κ2) is 8.58. The summed E-state index contributed by atoms with van der Waals surface area (Å²) in [4.78, 5) is 18.2. The van der Waals surface area contributed by atoms with Crippen molar-refractivity contribution < 1.29 is 9.18 Å². The highest BCUT2D eigenvalue weighted by Crippen LogP contribution is 2.18. The van der Waals surface area contributed by atoms with Gasteiger partial charge < -0.3 is 4.90 Å². The average molecular weight is 377 g/mol. The minimum Gasteiger partial charge on any atom is -0.335 e. The molecule has 0 fully saturated rings. The smallest absolute Gasteiger partial charge is 0.223 e. The van der Waals surface area contributed by atoms with Crippen LogP contribution in [-0.2, 0) is 17.8 Å². The highest BCUT2D eigenvalue weighted by atomic mass is 79.9. The van der Waals surface area contributed by atoms with Crippen LogP contribution in [0.15, 0.2) is 59.7 Å². The number of rotatable bonds is 7. The SMILES string of the molecule is C=CCN(Cc1cc(Br)ccc1F)C(=O)CCc1ccccn1. The van der Waals surface area contributed by atoms with Gasteiger partial charge in [0.25, 0.3) is 0 Å². The maximum atomic E-state index is 13.9. The molecule has 2 aromatic rings. The maximum Gasteiger partial charge on any atom is 0.223 e. The summed E-state index contributed by atoms with van der Waals surface area (Å²) in [7, 11) is 0. The van der Waals surface area contributed by atoms with E-state index in [0.717, 1.165) is 10.2 Å². The minimum atomic E-state index is -0.320. The van der Waals surface area contributed by atoms with Gasteiger partial charge in [0.15, 0.2) is 0 Å². The largest absolute Gasteiger partial charge is 0.335 e. The van der Waals surface area contributed by atoms with Gasteiger partial charge in [-0.3, -0.25) is 9.78 Å². The van der Waals surface area contributed by atoms with Crippen molar-refractivity contribution in [2.75, 3.05) is 6.54 Å². The molecular weight excluding hydrogens is 359 g/mol. The molecule has 0 N–H and O–H groups in total. The van der Waals surface area contributed by atoms with Gasteiger partial charge >= 0.3 is 0 Å². The molecule has 23 heavy (non-hydrogen) atoms. The molecule has 0 saturated carbocycles. The molecule has 120 valence electrons. The first-order valence-corrected chi connectivity index (χ1v) is 8.12. The van der Waals surface area contributed by atoms with Gasteiger partial charge in [-0.05, 0) is 36.8 Å². The van der Waals surface area contributed by atoms with Gasteiger partial charge in [0.2, 0.25) is 5.91 Å². The number of hydrogen-bond acceptors (Lipinski definition) is 2. The van der Waals surface area contributed by atoms with Crippen LogP contribution in [0.4, 0.5) is 4.39 Å². The summed E-state index contributed by atoms with van der Waals surface area (Å²) in [6.07, 6.45) is 4.25. The molecule has 2 rings (SSSR count). The summed E-state index contributed by atoms with van der Waals surface area (Å²) in [6, 6.07) is 10.3. The number of halogens is 2. The number of hydrogen-bond donors (Lipinski definition) is 0. The third-order valence-electron chi connectivity index (χ3n) is 3.39. The van der Waals surface area contributed by atoms with E-state index in [-0.39, 0.29) is 18.3 Å². The summed E-state index contributed by atoms with van der Waals surface area (Å²) >= 11 is 3.33. The Morgan fingerprint density at radius 1 is 1.35 bits per heavy atom. The highest BCUT2D eigenvalue weighted by Gasteiger charge is 2.15. The van der Waals surface area contributed by atoms with E-state index >= 15 is 0 Å². The number of amides is 1. The number of aromatic nitrogens is 1. The van der Waals surface area contributed by atoms with Crippen molar-refractivity contribution in [2.24, 2.45) is 0 Å². The summed E-state index contributed by atoms with van der Waals surface area (Å²) in [5.41, 5.74) is 1.35. The lowest BCUT2D eigenvalue weighted by atomic mass is 10.1. The molecule has 5 heteroatoms. The van der Waals surface area contributed by atoms with Crippen LogP contribution in [0.1, 0.15) is 17.7 Å². The minimum absolute atomic E-state index is 0.0464. The molecule has 1 heterocycles. The van der Waals surface area contributed by atoms with Gasteiger partial charge in [-0.1, -0.05) is 28.1 Å². The van der Waals surface area contributed by atoms with Crippen molar-refractivity contribution in [2.45, 2.75) is 19.4 Å². The van der Waals surface area contributed by atoms with Crippen LogP contribution < -0.4 is 0 Å². The quantitative estimate of drug-likeness (QED) is 0.680. The Bertz CT molecular complexity index is 676. The first-order valence-electron chi connectivity index (χ1n) is 7.32. The normalized spacial score (nSPS) is 10.3. The van der Waals surface area contributed by atoms with Crippen molar-refractivity contribution in [1.82, 2.24) is 9.88 Å². The molecule has 0 aliphatic rings. The molecule has 0 radical (unpaired) electrons. The standard InChI is InChI=1S/C18H18BrFN2O/c1-2-11-22(13-14-12-15(19)6-8-17(14)20)18(23)9-7-16-5-3-4-10-21-16/h2-6,8,10,12H,1,7,9,11,13H2. The molecule has 0 aliphatic heterocycles. The third-order valence-corrected chi connectivity index (χ3v) is 3.89. The second-order valence-corrected chi connectivity index (χ2v) is 6.04. The summed E-state index contributed by atoms with van der Waals surface area (Å²) in [5.74, 6) is -0.366. The zero-order valence-electron chi connectivity index (χ0n) is 12.7. The molecular formula is C18H18BrFN2O. The van der Waals surface area contributed by atoms with E-state index in [4.69, 9.17) is 0 Å². The van der Waals surface area contributed by atoms with Crippen LogP contribution in [0.2, 0.25) is 0 Å². The summed E-state index contributed by atoms with van der Waals surface area (Å²) < 4.78 is 14.7. The number of carbonyl (C=O) groups is 1. The van der Waals surface area contributed by atoms with E-state index < -0.39 is 0 Å². The molecule has 0 aliphatic carbocycles. The maximum absolute atomic E-state index is 13.9. The predicted molar refractivity (Wildman–Crippen MR) is 92.3 cm³/mol. The Morgan fingerprint density at radius 3 is 2.87 bits per heavy atom. The van der Waals surface area contributed by atoms with Gasteiger partial charge in [0.1, 0.15) is 5.82 Å². The van der Waals surface area contributed by atoms with Crippen LogP contribution in [0, 0.1) is 5.82 Å². The van der Waals surface area contributed by atoms with Gasteiger partial charge in [0.05, 0.1) is 0 Å². The van der Waals surface area contributed by atoms with Crippen LogP contribution in [-0.4, -0.2) is 22.3 Å². The van der Waals surface area contributed by atoms with E-state index in [9.17, 15) is 9.18 Å². The lowest BCUT2D eigenvalue weighted by Gasteiger charge is -2.21. The number of aryl methyl sites for hydroxylation is 1. The summed E-state index contributed by atoms with van der Waals surface area (Å²) in [5, 5.41) is 0. The van der Waals surface area contributed by atoms with E-state index in [1.807, 2.05) is 18.2 Å². The molecule has 0 unspecified atom stereocenters. The highest BCUT2D eigenvalue weighted by molar-refractivity contribution is 9.10. The fourth-order valence-electron chi connectivity index (χ4n) is 2.22. The molecule has 3 nitrogen and oxygen atoms in total. The van der Waals surface area contributed by atoms with Gasteiger partial charge in [0, 0.05) is 41.4 Å². The number of carbonyl (C=O) groups excluding carboxylic acids is 1. The first-order chi connectivity index (χ1) is 11.1. The van der Waals surface area contributed by atoms with E-state index in [1.165, 1.54) is 6.07 Å².